The maximum atomic E-state index is 13.5. The van der Waals surface area contributed by atoms with E-state index in [0.29, 0.717) is 30.6 Å². The maximum absolute atomic E-state index is 13.5. The predicted octanol–water partition coefficient (Wildman–Crippen LogP) is 3.02. The van der Waals surface area contributed by atoms with E-state index in [1.807, 2.05) is 13.0 Å². The van der Waals surface area contributed by atoms with Crippen molar-refractivity contribution in [3.8, 4) is 0 Å². The van der Waals surface area contributed by atoms with Crippen LogP contribution >= 0.6 is 0 Å². The molecule has 0 aliphatic carbocycles. The van der Waals surface area contributed by atoms with E-state index in [9.17, 15) is 9.18 Å². The lowest BCUT2D eigenvalue weighted by atomic mass is 10.1. The van der Waals surface area contributed by atoms with Crippen LogP contribution in [-0.2, 0) is 6.42 Å². The van der Waals surface area contributed by atoms with Crippen molar-refractivity contribution >= 4 is 11.6 Å². The Kier molecular flexibility index (Phi) is 5.89. The molecule has 0 bridgehead atoms. The molecule has 1 aromatic heterocycles. The molecule has 0 radical (unpaired) electrons. The number of pyridine rings is 1. The molecule has 0 spiro atoms. The minimum absolute atomic E-state index is 0.132. The first-order valence-corrected chi connectivity index (χ1v) is 7.41. The first-order valence-electron chi connectivity index (χ1n) is 7.41. The number of carbonyl (C=O) groups is 1. The molecule has 1 heterocycles. The average molecular weight is 301 g/mol. The van der Waals surface area contributed by atoms with Crippen LogP contribution in [0.4, 0.5) is 10.1 Å². The lowest BCUT2D eigenvalue weighted by Gasteiger charge is -2.08. The summed E-state index contributed by atoms with van der Waals surface area (Å²) in [5.41, 5.74) is 1.93. The Hall–Kier alpha value is -2.43. The van der Waals surface area contributed by atoms with Crippen LogP contribution in [0.25, 0.3) is 0 Å². The summed E-state index contributed by atoms with van der Waals surface area (Å²) in [6, 6.07) is 8.46. The number of aromatic nitrogens is 1. The zero-order valence-corrected chi connectivity index (χ0v) is 12.6. The number of anilines is 1. The number of amides is 1. The second-order valence-electron chi connectivity index (χ2n) is 4.99. The van der Waals surface area contributed by atoms with Gasteiger partial charge in [0.05, 0.1) is 11.3 Å². The Morgan fingerprint density at radius 1 is 1.23 bits per heavy atom. The van der Waals surface area contributed by atoms with Gasteiger partial charge in [-0.25, -0.2) is 4.39 Å². The fraction of sp³-hybridized carbons (Fsp3) is 0.294. The first-order chi connectivity index (χ1) is 10.7. The number of halogens is 1. The van der Waals surface area contributed by atoms with Crippen molar-refractivity contribution in [1.82, 2.24) is 10.3 Å². The molecule has 0 unspecified atom stereocenters. The standard InChI is InChI=1S/C17H20FN3O/c1-2-8-21-17(22)14-10-15(12-19-11-14)20-9-7-13-5-3-4-6-16(13)18/h3-6,10-12,20H,2,7-9H2,1H3,(H,21,22). The van der Waals surface area contributed by atoms with E-state index in [1.165, 1.54) is 12.3 Å². The van der Waals surface area contributed by atoms with Gasteiger partial charge in [-0.15, -0.1) is 0 Å². The molecule has 2 N–H and O–H groups in total. The van der Waals surface area contributed by atoms with E-state index >= 15 is 0 Å². The van der Waals surface area contributed by atoms with E-state index in [1.54, 1.807) is 24.4 Å². The van der Waals surface area contributed by atoms with Crippen LogP contribution in [0.1, 0.15) is 29.3 Å². The van der Waals surface area contributed by atoms with Crippen molar-refractivity contribution in [3.63, 3.8) is 0 Å². The quantitative estimate of drug-likeness (QED) is 0.826. The molecule has 0 saturated carbocycles. The van der Waals surface area contributed by atoms with E-state index < -0.39 is 0 Å². The zero-order chi connectivity index (χ0) is 15.8. The zero-order valence-electron chi connectivity index (χ0n) is 12.6. The Bertz CT molecular complexity index is 631. The molecule has 5 heteroatoms. The number of rotatable bonds is 7. The number of nitrogens with zero attached hydrogens (tertiary/aromatic N) is 1. The van der Waals surface area contributed by atoms with Crippen molar-refractivity contribution in [2.24, 2.45) is 0 Å². The van der Waals surface area contributed by atoms with Gasteiger partial charge in [0.25, 0.3) is 5.91 Å². The Morgan fingerprint density at radius 3 is 2.82 bits per heavy atom. The van der Waals surface area contributed by atoms with Crippen molar-refractivity contribution in [2.45, 2.75) is 19.8 Å². The van der Waals surface area contributed by atoms with Crippen molar-refractivity contribution < 1.29 is 9.18 Å². The summed E-state index contributed by atoms with van der Waals surface area (Å²) in [4.78, 5) is 15.9. The minimum atomic E-state index is -0.199. The highest BCUT2D eigenvalue weighted by Crippen LogP contribution is 2.10. The number of benzene rings is 1. The summed E-state index contributed by atoms with van der Waals surface area (Å²) >= 11 is 0. The van der Waals surface area contributed by atoms with Gasteiger partial charge >= 0.3 is 0 Å². The molecule has 0 fully saturated rings. The van der Waals surface area contributed by atoms with Crippen molar-refractivity contribution in [3.05, 3.63) is 59.7 Å². The molecule has 22 heavy (non-hydrogen) atoms. The number of hydrogen-bond acceptors (Lipinski definition) is 3. The van der Waals surface area contributed by atoms with E-state index in [0.717, 1.165) is 12.1 Å². The molecule has 0 saturated heterocycles. The molecule has 116 valence electrons. The Balaban J connectivity index is 1.90. The molecule has 1 aromatic carbocycles. The lowest BCUT2D eigenvalue weighted by Crippen LogP contribution is -2.24. The molecule has 2 rings (SSSR count). The smallest absolute Gasteiger partial charge is 0.252 e. The topological polar surface area (TPSA) is 54.0 Å². The van der Waals surface area contributed by atoms with Gasteiger partial charge in [0.15, 0.2) is 0 Å². The van der Waals surface area contributed by atoms with Crippen LogP contribution in [0.15, 0.2) is 42.7 Å². The van der Waals surface area contributed by atoms with Gasteiger partial charge in [-0.1, -0.05) is 25.1 Å². The number of nitrogens with one attached hydrogen (secondary N) is 2. The average Bonchev–Trinajstić information content (AvgIpc) is 2.54. The highest BCUT2D eigenvalue weighted by molar-refractivity contribution is 5.94. The van der Waals surface area contributed by atoms with Crippen LogP contribution in [-0.4, -0.2) is 24.0 Å². The van der Waals surface area contributed by atoms with Gasteiger partial charge in [-0.05, 0) is 30.5 Å². The van der Waals surface area contributed by atoms with Crippen LogP contribution in [0.5, 0.6) is 0 Å². The Labute approximate surface area is 129 Å². The molecule has 4 nitrogen and oxygen atoms in total. The SMILES string of the molecule is CCCNC(=O)c1cncc(NCCc2ccccc2F)c1. The van der Waals surface area contributed by atoms with Gasteiger partial charge in [-0.2, -0.15) is 0 Å². The van der Waals surface area contributed by atoms with Crippen molar-refractivity contribution in [1.29, 1.82) is 0 Å². The third-order valence-electron chi connectivity index (χ3n) is 3.22. The monoisotopic (exact) mass is 301 g/mol. The first kappa shape index (κ1) is 15.9. The van der Waals surface area contributed by atoms with Gasteiger partial charge in [-0.3, -0.25) is 9.78 Å². The highest BCUT2D eigenvalue weighted by atomic mass is 19.1. The molecule has 2 aromatic rings. The summed E-state index contributed by atoms with van der Waals surface area (Å²) in [5, 5.41) is 5.97. The molecule has 1 amide bonds. The summed E-state index contributed by atoms with van der Waals surface area (Å²) in [7, 11) is 0. The molecular formula is C17H20FN3O. The largest absolute Gasteiger partial charge is 0.383 e. The molecule has 0 aliphatic heterocycles. The molecule has 0 atom stereocenters. The third-order valence-corrected chi connectivity index (χ3v) is 3.22. The second kappa shape index (κ2) is 8.12. The lowest BCUT2D eigenvalue weighted by molar-refractivity contribution is 0.0953. The minimum Gasteiger partial charge on any atom is -0.383 e. The van der Waals surface area contributed by atoms with Gasteiger partial charge < -0.3 is 10.6 Å². The van der Waals surface area contributed by atoms with Crippen LogP contribution in [0.3, 0.4) is 0 Å². The fourth-order valence-electron chi connectivity index (χ4n) is 2.04. The van der Waals surface area contributed by atoms with E-state index in [4.69, 9.17) is 0 Å². The molecule has 0 aliphatic rings. The van der Waals surface area contributed by atoms with Gasteiger partial charge in [0, 0.05) is 25.5 Å². The highest BCUT2D eigenvalue weighted by Gasteiger charge is 2.06. The van der Waals surface area contributed by atoms with E-state index in [2.05, 4.69) is 15.6 Å². The normalized spacial score (nSPS) is 10.3. The van der Waals surface area contributed by atoms with Crippen molar-refractivity contribution in [2.75, 3.05) is 18.4 Å². The number of hydrogen-bond donors (Lipinski definition) is 2. The summed E-state index contributed by atoms with van der Waals surface area (Å²) < 4.78 is 13.5. The van der Waals surface area contributed by atoms with Crippen LogP contribution in [0.2, 0.25) is 0 Å². The summed E-state index contributed by atoms with van der Waals surface area (Å²) in [6.45, 7) is 3.21. The summed E-state index contributed by atoms with van der Waals surface area (Å²) in [5.74, 6) is -0.331. The second-order valence-corrected chi connectivity index (χ2v) is 4.99. The van der Waals surface area contributed by atoms with Crippen LogP contribution in [0, 0.1) is 5.82 Å². The van der Waals surface area contributed by atoms with Gasteiger partial charge in [0.2, 0.25) is 0 Å². The third kappa shape index (κ3) is 4.55. The summed E-state index contributed by atoms with van der Waals surface area (Å²) in [6.07, 6.45) is 4.64. The molecular weight excluding hydrogens is 281 g/mol. The fourth-order valence-corrected chi connectivity index (χ4v) is 2.04. The van der Waals surface area contributed by atoms with Crippen LogP contribution < -0.4 is 10.6 Å². The number of carbonyl (C=O) groups excluding carboxylic acids is 1. The van der Waals surface area contributed by atoms with Gasteiger partial charge in [0.1, 0.15) is 5.82 Å². The Morgan fingerprint density at radius 2 is 2.05 bits per heavy atom. The maximum Gasteiger partial charge on any atom is 0.252 e. The van der Waals surface area contributed by atoms with E-state index in [-0.39, 0.29) is 11.7 Å². The predicted molar refractivity (Wildman–Crippen MR) is 85.5 cm³/mol.